The first-order valence-electron chi connectivity index (χ1n) is 10.4. The first-order chi connectivity index (χ1) is 15.6. The summed E-state index contributed by atoms with van der Waals surface area (Å²) in [6.07, 6.45) is 2.25. The number of aromatic nitrogens is 4. The molecule has 0 amide bonds. The van der Waals surface area contributed by atoms with E-state index >= 15 is 0 Å². The number of hydrogen-bond donors (Lipinski definition) is 2. The molecule has 0 bridgehead atoms. The zero-order valence-corrected chi connectivity index (χ0v) is 18.3. The van der Waals surface area contributed by atoms with E-state index in [1.165, 1.54) is 0 Å². The second kappa shape index (κ2) is 8.64. The quantitative estimate of drug-likeness (QED) is 0.451. The van der Waals surface area contributed by atoms with Gasteiger partial charge in [0, 0.05) is 23.7 Å². The van der Waals surface area contributed by atoms with E-state index in [-0.39, 0.29) is 6.10 Å². The SMILES string of the molecule is COc1ccc(-n2nc3nc(NC[C@@H]4CCCO4)nc(-c4cccc(Cl)c4)c3c2N)cc1. The van der Waals surface area contributed by atoms with Crippen LogP contribution in [-0.2, 0) is 4.74 Å². The Hall–Kier alpha value is -3.36. The standard InChI is InChI=1S/C23H23ClN6O2/c1-31-17-9-7-16(8-10-17)30-21(25)19-20(14-4-2-5-15(24)12-14)27-23(28-22(19)29-30)26-13-18-6-3-11-32-18/h2,4-5,7-10,12,18H,3,6,11,13,25H2,1H3,(H,26,28,29)/t18-/m0/s1. The van der Waals surface area contributed by atoms with Gasteiger partial charge >= 0.3 is 0 Å². The van der Waals surface area contributed by atoms with Gasteiger partial charge in [-0.25, -0.2) is 9.67 Å². The van der Waals surface area contributed by atoms with Crippen molar-refractivity contribution in [2.75, 3.05) is 31.3 Å². The number of anilines is 2. The van der Waals surface area contributed by atoms with Gasteiger partial charge in [-0.3, -0.25) is 0 Å². The Labute approximate surface area is 190 Å². The number of methoxy groups -OCH3 is 1. The molecule has 0 spiro atoms. The van der Waals surface area contributed by atoms with Crippen LogP contribution in [0.4, 0.5) is 11.8 Å². The molecule has 1 saturated heterocycles. The molecule has 5 rings (SSSR count). The van der Waals surface area contributed by atoms with Crippen molar-refractivity contribution in [2.24, 2.45) is 0 Å². The van der Waals surface area contributed by atoms with Crippen LogP contribution < -0.4 is 15.8 Å². The highest BCUT2D eigenvalue weighted by Gasteiger charge is 2.21. The molecule has 8 nitrogen and oxygen atoms in total. The molecule has 4 aromatic rings. The Bertz CT molecular complexity index is 1250. The van der Waals surface area contributed by atoms with Crippen LogP contribution >= 0.6 is 11.6 Å². The molecule has 164 valence electrons. The Morgan fingerprint density at radius 1 is 1.22 bits per heavy atom. The van der Waals surface area contributed by atoms with Crippen LogP contribution in [0.25, 0.3) is 28.0 Å². The number of nitrogens with zero attached hydrogens (tertiary/aromatic N) is 4. The van der Waals surface area contributed by atoms with Crippen molar-refractivity contribution in [3.05, 3.63) is 53.6 Å². The van der Waals surface area contributed by atoms with Crippen LogP contribution in [0.15, 0.2) is 48.5 Å². The Morgan fingerprint density at radius 2 is 2.06 bits per heavy atom. The topological polar surface area (TPSA) is 100 Å². The summed E-state index contributed by atoms with van der Waals surface area (Å²) in [6, 6.07) is 15.0. The summed E-state index contributed by atoms with van der Waals surface area (Å²) < 4.78 is 12.6. The summed E-state index contributed by atoms with van der Waals surface area (Å²) in [6.45, 7) is 1.43. The van der Waals surface area contributed by atoms with Crippen molar-refractivity contribution in [1.29, 1.82) is 0 Å². The number of nitrogens with one attached hydrogen (secondary N) is 1. The summed E-state index contributed by atoms with van der Waals surface area (Å²) in [7, 11) is 1.63. The minimum absolute atomic E-state index is 0.158. The maximum Gasteiger partial charge on any atom is 0.225 e. The van der Waals surface area contributed by atoms with Crippen LogP contribution in [0.3, 0.4) is 0 Å². The third-order valence-corrected chi connectivity index (χ3v) is 5.73. The van der Waals surface area contributed by atoms with Crippen molar-refractivity contribution >= 4 is 34.4 Å². The second-order valence-electron chi connectivity index (χ2n) is 7.62. The van der Waals surface area contributed by atoms with E-state index in [9.17, 15) is 0 Å². The van der Waals surface area contributed by atoms with Gasteiger partial charge < -0.3 is 20.5 Å². The zero-order chi connectivity index (χ0) is 22.1. The van der Waals surface area contributed by atoms with Gasteiger partial charge in [-0.2, -0.15) is 4.98 Å². The van der Waals surface area contributed by atoms with Gasteiger partial charge in [0.05, 0.1) is 30.0 Å². The van der Waals surface area contributed by atoms with Gasteiger partial charge in [0.25, 0.3) is 0 Å². The van der Waals surface area contributed by atoms with Gasteiger partial charge in [0.15, 0.2) is 5.65 Å². The van der Waals surface area contributed by atoms with Crippen molar-refractivity contribution in [1.82, 2.24) is 19.7 Å². The van der Waals surface area contributed by atoms with E-state index in [1.807, 2.05) is 48.5 Å². The van der Waals surface area contributed by atoms with E-state index in [2.05, 4.69) is 15.4 Å². The molecule has 3 heterocycles. The van der Waals surface area contributed by atoms with Crippen LogP contribution in [0.5, 0.6) is 5.75 Å². The molecule has 0 saturated carbocycles. The molecule has 32 heavy (non-hydrogen) atoms. The highest BCUT2D eigenvalue weighted by atomic mass is 35.5. The molecule has 2 aromatic carbocycles. The van der Waals surface area contributed by atoms with Gasteiger partial charge in [-0.1, -0.05) is 23.7 Å². The smallest absolute Gasteiger partial charge is 0.225 e. The highest BCUT2D eigenvalue weighted by molar-refractivity contribution is 6.30. The lowest BCUT2D eigenvalue weighted by atomic mass is 10.1. The van der Waals surface area contributed by atoms with Crippen LogP contribution in [0.2, 0.25) is 5.02 Å². The number of rotatable bonds is 6. The molecular formula is C23H23ClN6O2. The third-order valence-electron chi connectivity index (χ3n) is 5.50. The fourth-order valence-corrected chi connectivity index (χ4v) is 4.06. The summed E-state index contributed by atoms with van der Waals surface area (Å²) in [5, 5.41) is 9.27. The lowest BCUT2D eigenvalue weighted by Crippen LogP contribution is -2.19. The number of ether oxygens (including phenoxy) is 2. The summed E-state index contributed by atoms with van der Waals surface area (Å²) in [4.78, 5) is 9.42. The third kappa shape index (κ3) is 3.94. The zero-order valence-electron chi connectivity index (χ0n) is 17.6. The fraction of sp³-hybridized carbons (Fsp3) is 0.261. The number of nitrogen functional groups attached to an aromatic ring is 1. The first-order valence-corrected chi connectivity index (χ1v) is 10.8. The molecule has 1 fully saturated rings. The molecule has 1 aliphatic heterocycles. The molecule has 0 radical (unpaired) electrons. The monoisotopic (exact) mass is 450 g/mol. The number of fused-ring (bicyclic) bond motifs is 1. The Balaban J connectivity index is 1.62. The molecule has 9 heteroatoms. The molecule has 0 aliphatic carbocycles. The van der Waals surface area contributed by atoms with E-state index in [0.717, 1.165) is 36.4 Å². The molecule has 3 N–H and O–H groups in total. The predicted molar refractivity (Wildman–Crippen MR) is 126 cm³/mol. The maximum atomic E-state index is 6.56. The normalized spacial score (nSPS) is 15.9. The highest BCUT2D eigenvalue weighted by Crippen LogP contribution is 2.34. The average molecular weight is 451 g/mol. The molecule has 2 aromatic heterocycles. The molecular weight excluding hydrogens is 428 g/mol. The van der Waals surface area contributed by atoms with E-state index in [1.54, 1.807) is 11.8 Å². The van der Waals surface area contributed by atoms with Crippen LogP contribution in [0, 0.1) is 0 Å². The Morgan fingerprint density at radius 3 is 2.78 bits per heavy atom. The van der Waals surface area contributed by atoms with E-state index in [0.29, 0.717) is 40.1 Å². The van der Waals surface area contributed by atoms with Crippen molar-refractivity contribution in [2.45, 2.75) is 18.9 Å². The Kier molecular flexibility index (Phi) is 5.55. The first kappa shape index (κ1) is 20.5. The largest absolute Gasteiger partial charge is 0.497 e. The molecule has 1 aliphatic rings. The van der Waals surface area contributed by atoms with Crippen LogP contribution in [0.1, 0.15) is 12.8 Å². The van der Waals surface area contributed by atoms with Crippen molar-refractivity contribution < 1.29 is 9.47 Å². The number of halogens is 1. The van der Waals surface area contributed by atoms with E-state index in [4.69, 9.17) is 31.8 Å². The van der Waals surface area contributed by atoms with E-state index < -0.39 is 0 Å². The number of nitrogens with two attached hydrogens (primary N) is 1. The van der Waals surface area contributed by atoms with Crippen molar-refractivity contribution in [3.8, 4) is 22.7 Å². The van der Waals surface area contributed by atoms with Gasteiger partial charge in [-0.05, 0) is 49.2 Å². The summed E-state index contributed by atoms with van der Waals surface area (Å²) >= 11 is 6.26. The lowest BCUT2D eigenvalue weighted by Gasteiger charge is -2.12. The van der Waals surface area contributed by atoms with Crippen molar-refractivity contribution in [3.63, 3.8) is 0 Å². The fourth-order valence-electron chi connectivity index (χ4n) is 3.87. The summed E-state index contributed by atoms with van der Waals surface area (Å²) in [5.74, 6) is 1.68. The predicted octanol–water partition coefficient (Wildman–Crippen LogP) is 4.32. The molecule has 0 unspecified atom stereocenters. The minimum atomic E-state index is 0.158. The van der Waals surface area contributed by atoms with Gasteiger partial charge in [-0.15, -0.1) is 5.10 Å². The second-order valence-corrected chi connectivity index (χ2v) is 8.05. The van der Waals surface area contributed by atoms with Gasteiger partial charge in [0.2, 0.25) is 5.95 Å². The molecule has 1 atom stereocenters. The lowest BCUT2D eigenvalue weighted by molar-refractivity contribution is 0.120. The average Bonchev–Trinajstić information content (AvgIpc) is 3.45. The summed E-state index contributed by atoms with van der Waals surface area (Å²) in [5.41, 5.74) is 9.36. The number of hydrogen-bond acceptors (Lipinski definition) is 7. The minimum Gasteiger partial charge on any atom is -0.497 e. The maximum absolute atomic E-state index is 6.56. The van der Waals surface area contributed by atoms with Gasteiger partial charge in [0.1, 0.15) is 11.6 Å². The van der Waals surface area contributed by atoms with Crippen LogP contribution in [-0.4, -0.2) is 46.1 Å². The number of benzene rings is 2.